The van der Waals surface area contributed by atoms with E-state index in [0.29, 0.717) is 24.2 Å². The number of nitrogens with zero attached hydrogens (tertiary/aromatic N) is 4. The normalized spacial score (nSPS) is 16.0. The van der Waals surface area contributed by atoms with Gasteiger partial charge in [0, 0.05) is 11.9 Å². The highest BCUT2D eigenvalue weighted by molar-refractivity contribution is 7.09. The van der Waals surface area contributed by atoms with Crippen molar-refractivity contribution in [1.82, 2.24) is 24.3 Å². The van der Waals surface area contributed by atoms with E-state index >= 15 is 0 Å². The van der Waals surface area contributed by atoms with Crippen LogP contribution in [0.4, 0.5) is 13.2 Å². The summed E-state index contributed by atoms with van der Waals surface area (Å²) in [6.45, 7) is 1.79. The number of halogens is 3. The first kappa shape index (κ1) is 17.0. The van der Waals surface area contributed by atoms with Gasteiger partial charge in [0.1, 0.15) is 11.6 Å². The molecule has 1 saturated carbocycles. The van der Waals surface area contributed by atoms with Crippen LogP contribution in [0, 0.1) is 12.8 Å². The number of alkyl halides is 3. The smallest absolute Gasteiger partial charge is 0.340 e. The molecule has 1 aliphatic rings. The Bertz CT molecular complexity index is 962. The average molecular weight is 381 g/mol. The number of hydrogen-bond acceptors (Lipinski definition) is 5. The van der Waals surface area contributed by atoms with E-state index in [1.54, 1.807) is 25.3 Å². The van der Waals surface area contributed by atoms with Gasteiger partial charge in [-0.15, -0.1) is 0 Å². The molecule has 10 heteroatoms. The van der Waals surface area contributed by atoms with Crippen molar-refractivity contribution in [2.24, 2.45) is 5.92 Å². The summed E-state index contributed by atoms with van der Waals surface area (Å²) in [6.07, 6.45) is -0.661. The zero-order valence-electron chi connectivity index (χ0n) is 13.6. The molecule has 26 heavy (non-hydrogen) atoms. The summed E-state index contributed by atoms with van der Waals surface area (Å²) in [4.78, 5) is 17.7. The van der Waals surface area contributed by atoms with Crippen molar-refractivity contribution in [1.29, 1.82) is 0 Å². The van der Waals surface area contributed by atoms with Crippen LogP contribution in [0.2, 0.25) is 0 Å². The second kappa shape index (κ2) is 6.04. The number of rotatable bonds is 4. The molecule has 3 aromatic rings. The molecular formula is C16H14F3N5OS. The maximum absolute atomic E-state index is 13.2. The minimum Gasteiger partial charge on any atom is -0.340 e. The second-order valence-corrected chi connectivity index (χ2v) is 7.12. The summed E-state index contributed by atoms with van der Waals surface area (Å²) < 4.78 is 45.0. The van der Waals surface area contributed by atoms with Crippen LogP contribution in [0.5, 0.6) is 0 Å². The lowest BCUT2D eigenvalue weighted by atomic mass is 10.1. The minimum atomic E-state index is -4.48. The van der Waals surface area contributed by atoms with E-state index < -0.39 is 24.0 Å². The molecule has 0 spiro atoms. The van der Waals surface area contributed by atoms with Crippen molar-refractivity contribution in [3.63, 3.8) is 0 Å². The van der Waals surface area contributed by atoms with E-state index in [1.165, 1.54) is 22.2 Å². The highest BCUT2D eigenvalue weighted by atomic mass is 32.1. The standard InChI is InChI=1S/C16H14F3N5OS/c1-8-6-11(12-4-5-21-26-12)22-14-10(7-20-24(8)14)15(25)23-13(9-2-3-9)16(17,18)19/h4-7,9,13H,2-3H2,1H3,(H,23,25). The Labute approximate surface area is 150 Å². The number of carbonyl (C=O) groups is 1. The van der Waals surface area contributed by atoms with Crippen LogP contribution in [0.15, 0.2) is 24.5 Å². The fourth-order valence-electron chi connectivity index (χ4n) is 2.86. The molecule has 136 valence electrons. The summed E-state index contributed by atoms with van der Waals surface area (Å²) in [7, 11) is 0. The third kappa shape index (κ3) is 3.05. The summed E-state index contributed by atoms with van der Waals surface area (Å²) in [6, 6.07) is 1.74. The molecule has 3 heterocycles. The van der Waals surface area contributed by atoms with Gasteiger partial charge in [-0.3, -0.25) is 4.79 Å². The van der Waals surface area contributed by atoms with E-state index in [0.717, 1.165) is 4.88 Å². The Morgan fingerprint density at radius 1 is 1.42 bits per heavy atom. The van der Waals surface area contributed by atoms with Crippen molar-refractivity contribution >= 4 is 23.1 Å². The Kier molecular flexibility index (Phi) is 3.94. The lowest BCUT2D eigenvalue weighted by Crippen LogP contribution is -2.46. The van der Waals surface area contributed by atoms with Gasteiger partial charge in [-0.05, 0) is 49.3 Å². The monoisotopic (exact) mass is 381 g/mol. The summed E-state index contributed by atoms with van der Waals surface area (Å²) in [5.74, 6) is -1.37. The van der Waals surface area contributed by atoms with Gasteiger partial charge in [0.2, 0.25) is 0 Å². The molecule has 3 aromatic heterocycles. The molecule has 0 aliphatic heterocycles. The summed E-state index contributed by atoms with van der Waals surface area (Å²) >= 11 is 1.24. The first-order chi connectivity index (χ1) is 12.3. The number of aryl methyl sites for hydroxylation is 1. The molecule has 0 aromatic carbocycles. The van der Waals surface area contributed by atoms with Crippen LogP contribution in [0.1, 0.15) is 28.9 Å². The fraction of sp³-hybridized carbons (Fsp3) is 0.375. The molecule has 1 unspecified atom stereocenters. The molecule has 1 N–H and O–H groups in total. The SMILES string of the molecule is Cc1cc(-c2ccns2)nc2c(C(=O)NC(C3CC3)C(F)(F)F)cnn12. The topological polar surface area (TPSA) is 72.2 Å². The van der Waals surface area contributed by atoms with Crippen molar-refractivity contribution in [3.05, 3.63) is 35.8 Å². The zero-order chi connectivity index (χ0) is 18.5. The lowest BCUT2D eigenvalue weighted by Gasteiger charge is -2.20. The first-order valence-electron chi connectivity index (χ1n) is 7.98. The van der Waals surface area contributed by atoms with Crippen LogP contribution < -0.4 is 5.32 Å². The molecule has 1 atom stereocenters. The van der Waals surface area contributed by atoms with Crippen molar-refractivity contribution in [2.45, 2.75) is 32.0 Å². The van der Waals surface area contributed by atoms with Gasteiger partial charge in [0.15, 0.2) is 5.65 Å². The Morgan fingerprint density at radius 3 is 2.81 bits per heavy atom. The molecule has 4 rings (SSSR count). The third-order valence-corrected chi connectivity index (χ3v) is 5.09. The van der Waals surface area contributed by atoms with Gasteiger partial charge in [0.05, 0.1) is 16.8 Å². The molecule has 0 radical (unpaired) electrons. The Balaban J connectivity index is 1.71. The molecule has 0 bridgehead atoms. The predicted molar refractivity (Wildman–Crippen MR) is 88.9 cm³/mol. The van der Waals surface area contributed by atoms with Gasteiger partial charge in [-0.1, -0.05) is 0 Å². The molecule has 0 saturated heterocycles. The van der Waals surface area contributed by atoms with Crippen LogP contribution in [-0.2, 0) is 0 Å². The largest absolute Gasteiger partial charge is 0.408 e. The van der Waals surface area contributed by atoms with E-state index in [-0.39, 0.29) is 11.2 Å². The molecular weight excluding hydrogens is 367 g/mol. The molecule has 1 aliphatic carbocycles. The van der Waals surface area contributed by atoms with E-state index in [1.807, 2.05) is 0 Å². The maximum atomic E-state index is 13.2. The third-order valence-electron chi connectivity index (χ3n) is 4.32. The zero-order valence-corrected chi connectivity index (χ0v) is 14.4. The van der Waals surface area contributed by atoms with Crippen molar-refractivity contribution in [3.8, 4) is 10.6 Å². The second-order valence-electron chi connectivity index (χ2n) is 6.28. The van der Waals surface area contributed by atoms with Crippen LogP contribution >= 0.6 is 11.5 Å². The van der Waals surface area contributed by atoms with Crippen LogP contribution in [0.3, 0.4) is 0 Å². The first-order valence-corrected chi connectivity index (χ1v) is 8.76. The maximum Gasteiger partial charge on any atom is 0.408 e. The molecule has 6 nitrogen and oxygen atoms in total. The number of carbonyl (C=O) groups excluding carboxylic acids is 1. The Hall–Kier alpha value is -2.49. The quantitative estimate of drug-likeness (QED) is 0.753. The molecule has 1 fully saturated rings. The number of amides is 1. The Morgan fingerprint density at radius 2 is 2.19 bits per heavy atom. The van der Waals surface area contributed by atoms with E-state index in [4.69, 9.17) is 0 Å². The van der Waals surface area contributed by atoms with E-state index in [2.05, 4.69) is 19.8 Å². The van der Waals surface area contributed by atoms with Crippen molar-refractivity contribution in [2.75, 3.05) is 0 Å². The summed E-state index contributed by atoms with van der Waals surface area (Å²) in [5.41, 5.74) is 1.56. The van der Waals surface area contributed by atoms with Gasteiger partial charge >= 0.3 is 6.18 Å². The fourth-order valence-corrected chi connectivity index (χ4v) is 3.42. The van der Waals surface area contributed by atoms with E-state index in [9.17, 15) is 18.0 Å². The van der Waals surface area contributed by atoms with Gasteiger partial charge < -0.3 is 5.32 Å². The van der Waals surface area contributed by atoms with Crippen LogP contribution in [0.25, 0.3) is 16.2 Å². The minimum absolute atomic E-state index is 0.0226. The van der Waals surface area contributed by atoms with Gasteiger partial charge in [0.25, 0.3) is 5.91 Å². The lowest BCUT2D eigenvalue weighted by molar-refractivity contribution is -0.158. The van der Waals surface area contributed by atoms with Crippen molar-refractivity contribution < 1.29 is 18.0 Å². The average Bonchev–Trinajstić information content (AvgIpc) is 3.09. The summed E-state index contributed by atoms with van der Waals surface area (Å²) in [5, 5.41) is 6.21. The predicted octanol–water partition coefficient (Wildman–Crippen LogP) is 3.23. The van der Waals surface area contributed by atoms with Gasteiger partial charge in [-0.25, -0.2) is 13.9 Å². The highest BCUT2D eigenvalue weighted by Gasteiger charge is 2.49. The van der Waals surface area contributed by atoms with Gasteiger partial charge in [-0.2, -0.15) is 18.3 Å². The number of aromatic nitrogens is 4. The molecule has 1 amide bonds. The number of nitrogens with one attached hydrogen (secondary N) is 1. The van der Waals surface area contributed by atoms with Crippen LogP contribution in [-0.4, -0.2) is 37.1 Å². The number of hydrogen-bond donors (Lipinski definition) is 1. The highest BCUT2D eigenvalue weighted by Crippen LogP contribution is 2.40. The number of fused-ring (bicyclic) bond motifs is 1.